The molecule has 2 aromatic carbocycles. The van der Waals surface area contributed by atoms with Crippen LogP contribution in [0, 0.1) is 6.92 Å². The summed E-state index contributed by atoms with van der Waals surface area (Å²) >= 11 is 9.81. The Morgan fingerprint density at radius 2 is 2.00 bits per heavy atom. The van der Waals surface area contributed by atoms with E-state index in [2.05, 4.69) is 59.4 Å². The van der Waals surface area contributed by atoms with Crippen molar-refractivity contribution in [2.45, 2.75) is 26.3 Å². The first kappa shape index (κ1) is 15.6. The predicted molar refractivity (Wildman–Crippen MR) is 90.5 cm³/mol. The van der Waals surface area contributed by atoms with Crippen LogP contribution in [0.3, 0.4) is 0 Å². The fourth-order valence-corrected chi connectivity index (χ4v) is 2.94. The Balaban J connectivity index is 2.44. The van der Waals surface area contributed by atoms with Crippen molar-refractivity contribution >= 4 is 27.5 Å². The summed E-state index contributed by atoms with van der Waals surface area (Å²) in [5.41, 5.74) is 3.71. The molecule has 0 saturated carbocycles. The molecular weight excluding hydrogens is 334 g/mol. The molecule has 0 fully saturated rings. The molecule has 2 aromatic rings. The number of hydrogen-bond donors (Lipinski definition) is 1. The lowest BCUT2D eigenvalue weighted by atomic mass is 9.97. The zero-order chi connectivity index (χ0) is 14.5. The number of benzene rings is 2. The molecular formula is C17H19BrClN. The summed E-state index contributed by atoms with van der Waals surface area (Å²) in [6.07, 6.45) is 1.10. The standard InChI is InChI=1S/C17H19BrClN/c1-3-9-20-17(13-6-4-5-12(2)10-13)15-11-14(19)7-8-16(15)18/h4-8,10-11,17,20H,3,9H2,1-2H3. The molecule has 2 rings (SSSR count). The summed E-state index contributed by atoms with van der Waals surface area (Å²) in [5.74, 6) is 0. The van der Waals surface area contributed by atoms with Gasteiger partial charge in [0.05, 0.1) is 6.04 Å². The number of aryl methyl sites for hydroxylation is 1. The minimum absolute atomic E-state index is 0.155. The lowest BCUT2D eigenvalue weighted by Crippen LogP contribution is -2.23. The van der Waals surface area contributed by atoms with Crippen LogP contribution in [0.15, 0.2) is 46.9 Å². The van der Waals surface area contributed by atoms with Gasteiger partial charge in [-0.1, -0.05) is 64.3 Å². The minimum Gasteiger partial charge on any atom is -0.306 e. The van der Waals surface area contributed by atoms with Crippen LogP contribution in [0.25, 0.3) is 0 Å². The molecule has 1 unspecified atom stereocenters. The van der Waals surface area contributed by atoms with Gasteiger partial charge in [0.2, 0.25) is 0 Å². The van der Waals surface area contributed by atoms with Gasteiger partial charge in [0.25, 0.3) is 0 Å². The molecule has 0 saturated heterocycles. The fourth-order valence-electron chi connectivity index (χ4n) is 2.28. The Morgan fingerprint density at radius 1 is 1.20 bits per heavy atom. The Bertz CT molecular complexity index is 583. The average molecular weight is 353 g/mol. The molecule has 0 aliphatic heterocycles. The summed E-state index contributed by atoms with van der Waals surface area (Å²) in [4.78, 5) is 0. The van der Waals surface area contributed by atoms with Crippen LogP contribution in [0.2, 0.25) is 5.02 Å². The van der Waals surface area contributed by atoms with Gasteiger partial charge in [0.15, 0.2) is 0 Å². The highest BCUT2D eigenvalue weighted by Crippen LogP contribution is 2.31. The van der Waals surface area contributed by atoms with Crippen LogP contribution in [0.1, 0.15) is 36.1 Å². The van der Waals surface area contributed by atoms with Gasteiger partial charge < -0.3 is 5.32 Å². The topological polar surface area (TPSA) is 12.0 Å². The van der Waals surface area contributed by atoms with E-state index in [0.717, 1.165) is 22.5 Å². The van der Waals surface area contributed by atoms with E-state index in [1.807, 2.05) is 18.2 Å². The van der Waals surface area contributed by atoms with Crippen LogP contribution < -0.4 is 5.32 Å². The largest absolute Gasteiger partial charge is 0.306 e. The molecule has 0 radical (unpaired) electrons. The molecule has 0 heterocycles. The van der Waals surface area contributed by atoms with Crippen LogP contribution in [0.5, 0.6) is 0 Å². The van der Waals surface area contributed by atoms with E-state index < -0.39 is 0 Å². The van der Waals surface area contributed by atoms with Crippen molar-refractivity contribution in [3.05, 3.63) is 68.7 Å². The SMILES string of the molecule is CCCNC(c1cccc(C)c1)c1cc(Cl)ccc1Br. The predicted octanol–water partition coefficient (Wildman–Crippen LogP) is 5.50. The first-order valence-corrected chi connectivity index (χ1v) is 8.04. The van der Waals surface area contributed by atoms with E-state index in [-0.39, 0.29) is 6.04 Å². The number of rotatable bonds is 5. The van der Waals surface area contributed by atoms with E-state index in [4.69, 9.17) is 11.6 Å². The number of hydrogen-bond acceptors (Lipinski definition) is 1. The number of nitrogens with one attached hydrogen (secondary N) is 1. The smallest absolute Gasteiger partial charge is 0.0588 e. The molecule has 3 heteroatoms. The molecule has 1 atom stereocenters. The molecule has 1 nitrogen and oxygen atoms in total. The second-order valence-electron chi connectivity index (χ2n) is 4.97. The quantitative estimate of drug-likeness (QED) is 0.749. The normalized spacial score (nSPS) is 12.4. The maximum Gasteiger partial charge on any atom is 0.0588 e. The van der Waals surface area contributed by atoms with E-state index in [0.29, 0.717) is 0 Å². The van der Waals surface area contributed by atoms with Crippen molar-refractivity contribution in [2.24, 2.45) is 0 Å². The van der Waals surface area contributed by atoms with Crippen LogP contribution in [-0.4, -0.2) is 6.54 Å². The molecule has 0 spiro atoms. The average Bonchev–Trinajstić information content (AvgIpc) is 2.43. The van der Waals surface area contributed by atoms with E-state index in [1.165, 1.54) is 16.7 Å². The van der Waals surface area contributed by atoms with Crippen LogP contribution in [-0.2, 0) is 0 Å². The minimum atomic E-state index is 0.155. The van der Waals surface area contributed by atoms with Crippen LogP contribution in [0.4, 0.5) is 0 Å². The van der Waals surface area contributed by atoms with Gasteiger partial charge in [-0.15, -0.1) is 0 Å². The lowest BCUT2D eigenvalue weighted by molar-refractivity contribution is 0.596. The van der Waals surface area contributed by atoms with Crippen molar-refractivity contribution in [3.63, 3.8) is 0 Å². The molecule has 20 heavy (non-hydrogen) atoms. The summed E-state index contributed by atoms with van der Waals surface area (Å²) in [5, 5.41) is 4.37. The third-order valence-corrected chi connectivity index (χ3v) is 4.20. The van der Waals surface area contributed by atoms with Gasteiger partial charge in [-0.3, -0.25) is 0 Å². The van der Waals surface area contributed by atoms with E-state index >= 15 is 0 Å². The van der Waals surface area contributed by atoms with Gasteiger partial charge in [0, 0.05) is 9.50 Å². The molecule has 0 aromatic heterocycles. The third-order valence-electron chi connectivity index (χ3n) is 3.24. The second-order valence-corrected chi connectivity index (χ2v) is 6.26. The first-order chi connectivity index (χ1) is 9.61. The summed E-state index contributed by atoms with van der Waals surface area (Å²) in [6, 6.07) is 14.7. The van der Waals surface area contributed by atoms with Gasteiger partial charge in [-0.05, 0) is 49.2 Å². The Hall–Kier alpha value is -0.830. The zero-order valence-corrected chi connectivity index (χ0v) is 14.1. The van der Waals surface area contributed by atoms with Crippen molar-refractivity contribution in [1.29, 1.82) is 0 Å². The molecule has 0 aliphatic rings. The summed E-state index contributed by atoms with van der Waals surface area (Å²) in [7, 11) is 0. The highest BCUT2D eigenvalue weighted by molar-refractivity contribution is 9.10. The third kappa shape index (κ3) is 3.85. The van der Waals surface area contributed by atoms with Crippen molar-refractivity contribution in [2.75, 3.05) is 6.54 Å². The highest BCUT2D eigenvalue weighted by Gasteiger charge is 2.16. The first-order valence-electron chi connectivity index (χ1n) is 6.86. The second kappa shape index (κ2) is 7.26. The molecule has 0 bridgehead atoms. The molecule has 106 valence electrons. The lowest BCUT2D eigenvalue weighted by Gasteiger charge is -2.21. The monoisotopic (exact) mass is 351 g/mol. The zero-order valence-electron chi connectivity index (χ0n) is 11.8. The highest BCUT2D eigenvalue weighted by atomic mass is 79.9. The molecule has 1 N–H and O–H groups in total. The maximum atomic E-state index is 6.17. The van der Waals surface area contributed by atoms with Crippen LogP contribution >= 0.6 is 27.5 Å². The summed E-state index contributed by atoms with van der Waals surface area (Å²) < 4.78 is 1.08. The Labute approximate surface area is 134 Å². The number of halogens is 2. The summed E-state index contributed by atoms with van der Waals surface area (Å²) in [6.45, 7) is 5.26. The van der Waals surface area contributed by atoms with Crippen molar-refractivity contribution in [3.8, 4) is 0 Å². The molecule has 0 amide bonds. The van der Waals surface area contributed by atoms with E-state index in [9.17, 15) is 0 Å². The van der Waals surface area contributed by atoms with Gasteiger partial charge in [-0.25, -0.2) is 0 Å². The van der Waals surface area contributed by atoms with E-state index in [1.54, 1.807) is 0 Å². The van der Waals surface area contributed by atoms with Gasteiger partial charge >= 0.3 is 0 Å². The molecule has 0 aliphatic carbocycles. The van der Waals surface area contributed by atoms with Crippen molar-refractivity contribution in [1.82, 2.24) is 5.32 Å². The fraction of sp³-hybridized carbons (Fsp3) is 0.294. The maximum absolute atomic E-state index is 6.17. The van der Waals surface area contributed by atoms with Gasteiger partial charge in [0.1, 0.15) is 0 Å². The Kier molecular flexibility index (Phi) is 5.64. The Morgan fingerprint density at radius 3 is 2.70 bits per heavy atom. The van der Waals surface area contributed by atoms with Gasteiger partial charge in [-0.2, -0.15) is 0 Å². The van der Waals surface area contributed by atoms with Crippen molar-refractivity contribution < 1.29 is 0 Å².